The zero-order chi connectivity index (χ0) is 21.1. The van der Waals surface area contributed by atoms with Crippen LogP contribution in [0.3, 0.4) is 0 Å². The minimum atomic E-state index is -0.369. The Kier molecular flexibility index (Phi) is 6.17. The standard InChI is InChI=1S/C20H17Cl2N5O2S/c21-12-5-3-6-13(11-12)23-17(28)19-26-25-18(30-19)16-9-4-10-27(16)20(29)24-15-8-2-1-7-14(15)22/h1-3,5-8,11,16H,4,9-10H2,(H,23,28)(H,24,29)/t16-/m1/s1. The quantitative estimate of drug-likeness (QED) is 0.539. The van der Waals surface area contributed by atoms with Crippen LogP contribution in [-0.2, 0) is 0 Å². The molecule has 0 spiro atoms. The summed E-state index contributed by atoms with van der Waals surface area (Å²) in [6.45, 7) is 0.588. The van der Waals surface area contributed by atoms with Crippen molar-refractivity contribution in [3.8, 4) is 0 Å². The summed E-state index contributed by atoms with van der Waals surface area (Å²) in [5, 5.41) is 15.6. The van der Waals surface area contributed by atoms with Gasteiger partial charge in [0.15, 0.2) is 0 Å². The summed E-state index contributed by atoms with van der Waals surface area (Å²) >= 11 is 13.3. The third-order valence-electron chi connectivity index (χ3n) is 4.63. The number of carbonyl (C=O) groups excluding carboxylic acids is 2. The molecule has 7 nitrogen and oxygen atoms in total. The van der Waals surface area contributed by atoms with Crippen molar-refractivity contribution in [2.45, 2.75) is 18.9 Å². The van der Waals surface area contributed by atoms with Crippen molar-refractivity contribution in [1.82, 2.24) is 15.1 Å². The van der Waals surface area contributed by atoms with Crippen LogP contribution < -0.4 is 10.6 Å². The van der Waals surface area contributed by atoms with Gasteiger partial charge in [0.05, 0.1) is 16.8 Å². The molecule has 2 heterocycles. The summed E-state index contributed by atoms with van der Waals surface area (Å²) in [5.41, 5.74) is 1.12. The SMILES string of the molecule is O=C(Nc1cccc(Cl)c1)c1nnc([C@H]2CCCN2C(=O)Nc2ccccc2Cl)s1. The van der Waals surface area contributed by atoms with Crippen molar-refractivity contribution in [1.29, 1.82) is 0 Å². The monoisotopic (exact) mass is 461 g/mol. The van der Waals surface area contributed by atoms with Gasteiger partial charge < -0.3 is 15.5 Å². The highest BCUT2D eigenvalue weighted by molar-refractivity contribution is 7.13. The number of rotatable bonds is 4. The van der Waals surface area contributed by atoms with E-state index in [-0.39, 0.29) is 23.0 Å². The Morgan fingerprint density at radius 3 is 2.70 bits per heavy atom. The molecular weight excluding hydrogens is 445 g/mol. The van der Waals surface area contributed by atoms with E-state index in [0.717, 1.165) is 12.8 Å². The lowest BCUT2D eigenvalue weighted by Crippen LogP contribution is -2.34. The average Bonchev–Trinajstić information content (AvgIpc) is 3.39. The maximum Gasteiger partial charge on any atom is 0.322 e. The largest absolute Gasteiger partial charge is 0.322 e. The molecule has 2 N–H and O–H groups in total. The van der Waals surface area contributed by atoms with Gasteiger partial charge >= 0.3 is 6.03 Å². The maximum absolute atomic E-state index is 12.8. The molecule has 0 radical (unpaired) electrons. The van der Waals surface area contributed by atoms with Gasteiger partial charge in [-0.05, 0) is 43.2 Å². The molecule has 2 aromatic carbocycles. The molecule has 0 saturated carbocycles. The number of aromatic nitrogens is 2. The molecule has 1 aliphatic rings. The minimum absolute atomic E-state index is 0.225. The summed E-state index contributed by atoms with van der Waals surface area (Å²) in [4.78, 5) is 27.0. The molecule has 1 aliphatic heterocycles. The molecule has 0 bridgehead atoms. The summed E-state index contributed by atoms with van der Waals surface area (Å²) in [7, 11) is 0. The Balaban J connectivity index is 1.46. The molecule has 3 aromatic rings. The normalized spacial score (nSPS) is 15.8. The Labute approximate surface area is 187 Å². The summed E-state index contributed by atoms with van der Waals surface area (Å²) in [5.74, 6) is -0.369. The molecule has 0 unspecified atom stereocenters. The maximum atomic E-state index is 12.8. The lowest BCUT2D eigenvalue weighted by molar-refractivity contribution is 0.102. The number of anilines is 2. The lowest BCUT2D eigenvalue weighted by atomic mass is 10.2. The fourth-order valence-electron chi connectivity index (χ4n) is 3.23. The van der Waals surface area contributed by atoms with Gasteiger partial charge in [-0.1, -0.05) is 52.7 Å². The molecule has 154 valence electrons. The topological polar surface area (TPSA) is 87.2 Å². The van der Waals surface area contributed by atoms with Crippen molar-refractivity contribution in [2.75, 3.05) is 17.2 Å². The lowest BCUT2D eigenvalue weighted by Gasteiger charge is -2.23. The molecule has 10 heteroatoms. The first kappa shape index (κ1) is 20.6. The number of benzene rings is 2. The highest BCUT2D eigenvalue weighted by Crippen LogP contribution is 2.34. The first-order chi connectivity index (χ1) is 14.5. The van der Waals surface area contributed by atoms with Crippen molar-refractivity contribution in [3.05, 3.63) is 68.6 Å². The van der Waals surface area contributed by atoms with Crippen molar-refractivity contribution in [3.63, 3.8) is 0 Å². The molecule has 0 aliphatic carbocycles. The summed E-state index contributed by atoms with van der Waals surface area (Å²) < 4.78 is 0. The van der Waals surface area contributed by atoms with Crippen LogP contribution in [0.5, 0.6) is 0 Å². The molecule has 1 atom stereocenters. The van der Waals surface area contributed by atoms with E-state index in [2.05, 4.69) is 20.8 Å². The number of nitrogens with zero attached hydrogens (tertiary/aromatic N) is 3. The number of hydrogen-bond acceptors (Lipinski definition) is 5. The van der Waals surface area contributed by atoms with Gasteiger partial charge in [0.2, 0.25) is 5.01 Å². The molecule has 4 rings (SSSR count). The van der Waals surface area contributed by atoms with Crippen LogP contribution in [-0.4, -0.2) is 33.6 Å². The van der Waals surface area contributed by atoms with E-state index < -0.39 is 0 Å². The zero-order valence-electron chi connectivity index (χ0n) is 15.6. The van der Waals surface area contributed by atoms with Crippen molar-refractivity contribution in [2.24, 2.45) is 0 Å². The number of amides is 3. The van der Waals surface area contributed by atoms with E-state index in [1.165, 1.54) is 11.3 Å². The number of hydrogen-bond donors (Lipinski definition) is 2. The molecule has 1 aromatic heterocycles. The third kappa shape index (κ3) is 4.56. The molecular formula is C20H17Cl2N5O2S. The summed E-state index contributed by atoms with van der Waals surface area (Å²) in [6, 6.07) is 13.4. The number of carbonyl (C=O) groups is 2. The van der Waals surface area contributed by atoms with Crippen molar-refractivity contribution < 1.29 is 9.59 Å². The molecule has 1 fully saturated rings. The van der Waals surface area contributed by atoms with Gasteiger partial charge in [0.25, 0.3) is 5.91 Å². The number of likely N-dealkylation sites (tertiary alicyclic amines) is 1. The van der Waals surface area contributed by atoms with Crippen LogP contribution >= 0.6 is 34.5 Å². The van der Waals surface area contributed by atoms with Crippen LogP contribution in [0.1, 0.15) is 33.7 Å². The predicted octanol–water partition coefficient (Wildman–Crippen LogP) is 5.47. The second-order valence-electron chi connectivity index (χ2n) is 6.67. The molecule has 1 saturated heterocycles. The second kappa shape index (κ2) is 8.99. The van der Waals surface area contributed by atoms with Gasteiger partial charge in [-0.3, -0.25) is 4.79 Å². The Morgan fingerprint density at radius 1 is 1.07 bits per heavy atom. The Bertz CT molecular complexity index is 1090. The fourth-order valence-corrected chi connectivity index (χ4v) is 4.49. The Morgan fingerprint density at radius 2 is 1.90 bits per heavy atom. The average molecular weight is 462 g/mol. The zero-order valence-corrected chi connectivity index (χ0v) is 18.0. The summed E-state index contributed by atoms with van der Waals surface area (Å²) in [6.07, 6.45) is 1.59. The Hall–Kier alpha value is -2.68. The number of urea groups is 1. The number of halogens is 2. The molecule has 3 amide bonds. The van der Waals surface area contributed by atoms with Gasteiger partial charge in [-0.2, -0.15) is 0 Å². The van der Waals surface area contributed by atoms with Gasteiger partial charge in [0.1, 0.15) is 5.01 Å². The van der Waals surface area contributed by atoms with Crippen LogP contribution in [0.15, 0.2) is 48.5 Å². The van der Waals surface area contributed by atoms with E-state index in [1.54, 1.807) is 53.4 Å². The highest BCUT2D eigenvalue weighted by Gasteiger charge is 2.33. The fraction of sp³-hybridized carbons (Fsp3) is 0.200. The van der Waals surface area contributed by atoms with E-state index in [1.807, 2.05) is 0 Å². The first-order valence-electron chi connectivity index (χ1n) is 9.24. The van der Waals surface area contributed by atoms with Crippen LogP contribution in [0.25, 0.3) is 0 Å². The van der Waals surface area contributed by atoms with Crippen LogP contribution in [0.2, 0.25) is 10.0 Å². The van der Waals surface area contributed by atoms with Gasteiger partial charge in [-0.15, -0.1) is 10.2 Å². The van der Waals surface area contributed by atoms with Crippen LogP contribution in [0, 0.1) is 0 Å². The number of para-hydroxylation sites is 1. The van der Waals surface area contributed by atoms with E-state index in [9.17, 15) is 9.59 Å². The first-order valence-corrected chi connectivity index (χ1v) is 10.8. The van der Waals surface area contributed by atoms with Crippen molar-refractivity contribution >= 4 is 57.9 Å². The number of nitrogens with one attached hydrogen (secondary N) is 2. The second-order valence-corrected chi connectivity index (χ2v) is 8.52. The van der Waals surface area contributed by atoms with E-state index in [4.69, 9.17) is 23.2 Å². The van der Waals surface area contributed by atoms with Gasteiger partial charge in [-0.25, -0.2) is 4.79 Å². The smallest absolute Gasteiger partial charge is 0.320 e. The minimum Gasteiger partial charge on any atom is -0.320 e. The molecule has 30 heavy (non-hydrogen) atoms. The van der Waals surface area contributed by atoms with Gasteiger partial charge in [0, 0.05) is 17.3 Å². The third-order valence-corrected chi connectivity index (χ3v) is 6.22. The predicted molar refractivity (Wildman–Crippen MR) is 118 cm³/mol. The van der Waals surface area contributed by atoms with E-state index in [0.29, 0.717) is 33.0 Å². The van der Waals surface area contributed by atoms with Crippen LogP contribution in [0.4, 0.5) is 16.2 Å². The highest BCUT2D eigenvalue weighted by atomic mass is 35.5. The van der Waals surface area contributed by atoms with E-state index >= 15 is 0 Å².